The first-order valence-electron chi connectivity index (χ1n) is 10.8. The number of amides is 2. The van der Waals surface area contributed by atoms with Crippen LogP contribution in [0.25, 0.3) is 10.9 Å². The molecule has 1 aliphatic rings. The largest absolute Gasteiger partial charge is 0.507 e. The number of fused-ring (bicyclic) bond motifs is 2. The van der Waals surface area contributed by atoms with Crippen molar-refractivity contribution in [3.8, 4) is 11.5 Å². The topological polar surface area (TPSA) is 137 Å². The normalized spacial score (nSPS) is 18.3. The summed E-state index contributed by atoms with van der Waals surface area (Å²) in [5.41, 5.74) is 3.15. The second kappa shape index (κ2) is 8.40. The maximum absolute atomic E-state index is 13.2. The number of hydrogen-bond donors (Lipinski definition) is 5. The number of aliphatic hydroxyl groups is 1. The molecule has 2 heterocycles. The third-order valence-corrected chi connectivity index (χ3v) is 6.51. The molecule has 1 aromatic heterocycles. The molecule has 3 aromatic rings. The number of anilines is 1. The molecule has 9 nitrogen and oxygen atoms in total. The number of benzene rings is 2. The number of carbonyl (C=O) groups excluding carboxylic acids is 2. The molecule has 0 aliphatic carbocycles. The highest BCUT2D eigenvalue weighted by Crippen LogP contribution is 2.43. The van der Waals surface area contributed by atoms with Crippen molar-refractivity contribution in [3.05, 3.63) is 46.6 Å². The van der Waals surface area contributed by atoms with E-state index in [4.69, 9.17) is 4.74 Å². The van der Waals surface area contributed by atoms with Crippen molar-refractivity contribution >= 4 is 28.4 Å². The van der Waals surface area contributed by atoms with Gasteiger partial charge in [0.1, 0.15) is 17.5 Å². The van der Waals surface area contributed by atoms with Gasteiger partial charge in [-0.05, 0) is 69.0 Å². The van der Waals surface area contributed by atoms with Crippen LogP contribution in [0.15, 0.2) is 24.4 Å². The number of aromatic amines is 1. The van der Waals surface area contributed by atoms with Gasteiger partial charge in [-0.15, -0.1) is 0 Å². The Hall–Kier alpha value is -3.59. The SMILES string of the molecule is Cc1c(C)c2c(c(C)c1O)CCC(C)(C(=O)N[C@@H](CO)C(=O)Nc1ccc3cn[nH]c3c1)O2. The highest BCUT2D eigenvalue weighted by Gasteiger charge is 2.42. The summed E-state index contributed by atoms with van der Waals surface area (Å²) in [6.07, 6.45) is 2.58. The van der Waals surface area contributed by atoms with Crippen LogP contribution in [-0.2, 0) is 16.0 Å². The average Bonchev–Trinajstić information content (AvgIpc) is 3.27. The smallest absolute Gasteiger partial charge is 0.264 e. The van der Waals surface area contributed by atoms with Gasteiger partial charge in [0.15, 0.2) is 5.60 Å². The fraction of sp³-hybridized carbons (Fsp3) is 0.375. The molecule has 0 radical (unpaired) electrons. The Morgan fingerprint density at radius 3 is 2.73 bits per heavy atom. The number of ether oxygens (including phenoxy) is 1. The summed E-state index contributed by atoms with van der Waals surface area (Å²) in [5, 5.41) is 33.1. The van der Waals surface area contributed by atoms with Crippen LogP contribution in [0, 0.1) is 20.8 Å². The predicted octanol–water partition coefficient (Wildman–Crippen LogP) is 2.39. The van der Waals surface area contributed by atoms with Crippen LogP contribution in [-0.4, -0.2) is 50.5 Å². The van der Waals surface area contributed by atoms with Gasteiger partial charge in [-0.3, -0.25) is 14.7 Å². The van der Waals surface area contributed by atoms with Crippen molar-refractivity contribution in [1.82, 2.24) is 15.5 Å². The van der Waals surface area contributed by atoms with Crippen molar-refractivity contribution in [2.45, 2.75) is 52.2 Å². The summed E-state index contributed by atoms with van der Waals surface area (Å²) in [6, 6.07) is 4.10. The van der Waals surface area contributed by atoms with Gasteiger partial charge in [-0.2, -0.15) is 5.10 Å². The maximum atomic E-state index is 13.2. The van der Waals surface area contributed by atoms with Gasteiger partial charge in [0, 0.05) is 23.1 Å². The number of aromatic hydroxyl groups is 1. The lowest BCUT2D eigenvalue weighted by Gasteiger charge is -2.37. The van der Waals surface area contributed by atoms with Crippen LogP contribution < -0.4 is 15.4 Å². The zero-order valence-electron chi connectivity index (χ0n) is 19.1. The van der Waals surface area contributed by atoms with Crippen molar-refractivity contribution < 1.29 is 24.5 Å². The molecular formula is C24H28N4O5. The Labute approximate surface area is 191 Å². The average molecular weight is 453 g/mol. The molecule has 0 spiro atoms. The van der Waals surface area contributed by atoms with Crippen molar-refractivity contribution in [2.24, 2.45) is 0 Å². The third-order valence-electron chi connectivity index (χ3n) is 6.51. The van der Waals surface area contributed by atoms with E-state index in [9.17, 15) is 19.8 Å². The lowest BCUT2D eigenvalue weighted by atomic mass is 9.86. The summed E-state index contributed by atoms with van der Waals surface area (Å²) in [7, 11) is 0. The molecule has 0 saturated heterocycles. The molecule has 0 fully saturated rings. The number of carbonyl (C=O) groups is 2. The maximum Gasteiger partial charge on any atom is 0.264 e. The van der Waals surface area contributed by atoms with E-state index in [0.717, 1.165) is 27.6 Å². The van der Waals surface area contributed by atoms with E-state index in [0.29, 0.717) is 29.8 Å². The number of hydrogen-bond acceptors (Lipinski definition) is 6. The van der Waals surface area contributed by atoms with E-state index in [2.05, 4.69) is 20.8 Å². The highest BCUT2D eigenvalue weighted by atomic mass is 16.5. The Morgan fingerprint density at radius 2 is 2.00 bits per heavy atom. The van der Waals surface area contributed by atoms with E-state index < -0.39 is 30.1 Å². The highest BCUT2D eigenvalue weighted by molar-refractivity contribution is 5.99. The summed E-state index contributed by atoms with van der Waals surface area (Å²) in [4.78, 5) is 25.9. The van der Waals surface area contributed by atoms with Crippen LogP contribution in [0.3, 0.4) is 0 Å². The zero-order valence-corrected chi connectivity index (χ0v) is 19.1. The van der Waals surface area contributed by atoms with E-state index in [-0.39, 0.29) is 5.75 Å². The number of aliphatic hydroxyl groups excluding tert-OH is 1. The van der Waals surface area contributed by atoms with Gasteiger partial charge >= 0.3 is 0 Å². The predicted molar refractivity (Wildman–Crippen MR) is 123 cm³/mol. The standard InChI is InChI=1S/C24H28N4O5/c1-12-13(2)21-17(14(3)20(12)30)7-8-24(4,33-21)23(32)27-19(11-29)22(31)26-16-6-5-15-10-25-28-18(15)9-16/h5-6,9-10,19,29-30H,7-8,11H2,1-4H3,(H,25,28)(H,26,31)(H,27,32)/t19-,24?/m0/s1. The summed E-state index contributed by atoms with van der Waals surface area (Å²) < 4.78 is 6.16. The molecule has 33 heavy (non-hydrogen) atoms. The number of nitrogens with zero attached hydrogens (tertiary/aromatic N) is 1. The van der Waals surface area contributed by atoms with Gasteiger partial charge in [0.05, 0.1) is 18.3 Å². The number of aromatic nitrogens is 2. The van der Waals surface area contributed by atoms with Gasteiger partial charge in [0.25, 0.3) is 5.91 Å². The molecule has 4 rings (SSSR count). The Balaban J connectivity index is 1.49. The van der Waals surface area contributed by atoms with E-state index in [1.54, 1.807) is 38.2 Å². The van der Waals surface area contributed by atoms with Gasteiger partial charge in [0.2, 0.25) is 5.91 Å². The first kappa shape index (κ1) is 22.6. The summed E-state index contributed by atoms with van der Waals surface area (Å²) in [6.45, 7) is 6.58. The first-order chi connectivity index (χ1) is 15.6. The second-order valence-corrected chi connectivity index (χ2v) is 8.73. The van der Waals surface area contributed by atoms with Gasteiger partial charge in [-0.25, -0.2) is 0 Å². The Morgan fingerprint density at radius 1 is 1.24 bits per heavy atom. The monoisotopic (exact) mass is 452 g/mol. The summed E-state index contributed by atoms with van der Waals surface area (Å²) >= 11 is 0. The lowest BCUT2D eigenvalue weighted by molar-refractivity contribution is -0.140. The number of phenols is 1. The first-order valence-corrected chi connectivity index (χ1v) is 10.8. The number of phenolic OH excluding ortho intramolecular Hbond substituents is 1. The van der Waals surface area contributed by atoms with E-state index >= 15 is 0 Å². The fourth-order valence-corrected chi connectivity index (χ4v) is 4.16. The van der Waals surface area contributed by atoms with Crippen LogP contribution in [0.4, 0.5) is 5.69 Å². The minimum absolute atomic E-state index is 0.244. The minimum Gasteiger partial charge on any atom is -0.507 e. The Bertz CT molecular complexity index is 1250. The number of nitrogens with one attached hydrogen (secondary N) is 3. The third kappa shape index (κ3) is 4.00. The van der Waals surface area contributed by atoms with Crippen molar-refractivity contribution in [3.63, 3.8) is 0 Å². The fourth-order valence-electron chi connectivity index (χ4n) is 4.16. The van der Waals surface area contributed by atoms with Crippen LogP contribution in [0.2, 0.25) is 0 Å². The lowest BCUT2D eigenvalue weighted by Crippen LogP contribution is -2.56. The zero-order chi connectivity index (χ0) is 23.9. The molecule has 2 amide bonds. The molecule has 9 heteroatoms. The van der Waals surface area contributed by atoms with E-state index in [1.807, 2.05) is 13.8 Å². The second-order valence-electron chi connectivity index (χ2n) is 8.73. The Kier molecular flexibility index (Phi) is 5.75. The molecular weight excluding hydrogens is 424 g/mol. The molecule has 174 valence electrons. The minimum atomic E-state index is -1.23. The molecule has 2 aromatic carbocycles. The van der Waals surface area contributed by atoms with Gasteiger partial charge < -0.3 is 25.6 Å². The van der Waals surface area contributed by atoms with Gasteiger partial charge in [-0.1, -0.05) is 0 Å². The summed E-state index contributed by atoms with van der Waals surface area (Å²) in [5.74, 6) is -0.204. The molecule has 5 N–H and O–H groups in total. The number of rotatable bonds is 5. The van der Waals surface area contributed by atoms with Crippen LogP contribution >= 0.6 is 0 Å². The van der Waals surface area contributed by atoms with Crippen LogP contribution in [0.5, 0.6) is 11.5 Å². The van der Waals surface area contributed by atoms with Crippen molar-refractivity contribution in [1.29, 1.82) is 0 Å². The molecule has 0 bridgehead atoms. The van der Waals surface area contributed by atoms with Crippen molar-refractivity contribution in [2.75, 3.05) is 11.9 Å². The quantitative estimate of drug-likeness (QED) is 0.403. The molecule has 2 atom stereocenters. The van der Waals surface area contributed by atoms with E-state index in [1.165, 1.54) is 0 Å². The molecule has 1 aliphatic heterocycles. The molecule has 1 unspecified atom stereocenters. The van der Waals surface area contributed by atoms with Crippen LogP contribution in [0.1, 0.15) is 35.6 Å². The molecule has 0 saturated carbocycles. The number of H-pyrrole nitrogens is 1.